The number of imidazole rings is 1. The second kappa shape index (κ2) is 9.30. The average molecular weight is 493 g/mol. The molecule has 0 unspecified atom stereocenters. The van der Waals surface area contributed by atoms with Crippen LogP contribution in [0.4, 0.5) is 0 Å². The fourth-order valence-corrected chi connectivity index (χ4v) is 4.41. The molecule has 2 aromatic heterocycles. The minimum atomic E-state index is -4.00. The number of esters is 1. The highest BCUT2D eigenvalue weighted by atomic mass is 32.2. The molecule has 1 aliphatic rings. The van der Waals surface area contributed by atoms with Crippen molar-refractivity contribution in [3.05, 3.63) is 45.4 Å². The van der Waals surface area contributed by atoms with Crippen molar-refractivity contribution in [2.75, 3.05) is 26.4 Å². The van der Waals surface area contributed by atoms with Crippen LogP contribution in [0.5, 0.6) is 11.5 Å². The van der Waals surface area contributed by atoms with Crippen LogP contribution < -0.4 is 25.4 Å². The van der Waals surface area contributed by atoms with E-state index in [4.69, 9.17) is 14.2 Å². The molecule has 0 saturated heterocycles. The maximum Gasteiger partial charge on any atom is 0.332 e. The zero-order valence-electron chi connectivity index (χ0n) is 18.5. The molecule has 0 saturated carbocycles. The van der Waals surface area contributed by atoms with E-state index in [0.717, 1.165) is 4.57 Å². The molecular formula is C20H23N5O8S. The number of nitrogens with one attached hydrogen (secondary N) is 1. The number of carbonyl (C=O) groups is 1. The summed E-state index contributed by atoms with van der Waals surface area (Å²) in [5.41, 5.74) is -0.627. The quantitative estimate of drug-likeness (QED) is 0.413. The molecule has 1 aliphatic heterocycles. The highest BCUT2D eigenvalue weighted by Crippen LogP contribution is 2.31. The lowest BCUT2D eigenvalue weighted by Crippen LogP contribution is -2.37. The van der Waals surface area contributed by atoms with E-state index in [0.29, 0.717) is 31.1 Å². The van der Waals surface area contributed by atoms with Gasteiger partial charge in [-0.15, -0.1) is 0 Å². The van der Waals surface area contributed by atoms with E-state index in [1.165, 1.54) is 47.8 Å². The van der Waals surface area contributed by atoms with Crippen LogP contribution in [0.1, 0.15) is 6.42 Å². The maximum atomic E-state index is 12.6. The van der Waals surface area contributed by atoms with Crippen molar-refractivity contribution in [3.8, 4) is 11.5 Å². The summed E-state index contributed by atoms with van der Waals surface area (Å²) in [5, 5.41) is 0. The van der Waals surface area contributed by atoms with Gasteiger partial charge in [0.25, 0.3) is 5.56 Å². The minimum absolute atomic E-state index is 0.0732. The average Bonchev–Trinajstić information content (AvgIpc) is 3.09. The number of sulfonamides is 1. The number of aryl methyl sites for hydroxylation is 1. The van der Waals surface area contributed by atoms with E-state index in [2.05, 4.69) is 9.71 Å². The summed E-state index contributed by atoms with van der Waals surface area (Å²) in [6, 6.07) is 4.20. The molecule has 0 bridgehead atoms. The van der Waals surface area contributed by atoms with Crippen LogP contribution >= 0.6 is 0 Å². The third kappa shape index (κ3) is 4.54. The van der Waals surface area contributed by atoms with Crippen LogP contribution in [-0.4, -0.2) is 59.4 Å². The molecule has 3 heterocycles. The number of fused-ring (bicyclic) bond motifs is 2. The molecule has 14 heteroatoms. The van der Waals surface area contributed by atoms with Gasteiger partial charge in [0.1, 0.15) is 13.2 Å². The molecule has 182 valence electrons. The topological polar surface area (TPSA) is 153 Å². The van der Waals surface area contributed by atoms with Crippen molar-refractivity contribution in [2.24, 2.45) is 14.1 Å². The van der Waals surface area contributed by atoms with E-state index >= 15 is 0 Å². The zero-order valence-corrected chi connectivity index (χ0v) is 19.3. The Morgan fingerprint density at radius 3 is 2.65 bits per heavy atom. The van der Waals surface area contributed by atoms with E-state index < -0.39 is 33.8 Å². The van der Waals surface area contributed by atoms with Gasteiger partial charge in [-0.3, -0.25) is 18.7 Å². The summed E-state index contributed by atoms with van der Waals surface area (Å²) >= 11 is 0. The Balaban J connectivity index is 1.36. The predicted molar refractivity (Wildman–Crippen MR) is 118 cm³/mol. The third-order valence-corrected chi connectivity index (χ3v) is 6.65. The minimum Gasteiger partial charge on any atom is -0.490 e. The lowest BCUT2D eigenvalue weighted by atomic mass is 10.3. The highest BCUT2D eigenvalue weighted by Gasteiger charge is 2.20. The van der Waals surface area contributed by atoms with Crippen LogP contribution in [0.25, 0.3) is 11.2 Å². The molecule has 0 fully saturated rings. The van der Waals surface area contributed by atoms with E-state index in [1.807, 2.05) is 0 Å². The Hall–Kier alpha value is -3.65. The molecule has 1 N–H and O–H groups in total. The zero-order chi connectivity index (χ0) is 24.5. The summed E-state index contributed by atoms with van der Waals surface area (Å²) in [6.45, 7) is 0.250. The van der Waals surface area contributed by atoms with Crippen LogP contribution in [0.3, 0.4) is 0 Å². The largest absolute Gasteiger partial charge is 0.490 e. The molecule has 0 radical (unpaired) electrons. The molecule has 34 heavy (non-hydrogen) atoms. The Morgan fingerprint density at radius 2 is 1.88 bits per heavy atom. The van der Waals surface area contributed by atoms with Gasteiger partial charge >= 0.3 is 11.7 Å². The Bertz CT molecular complexity index is 1470. The van der Waals surface area contributed by atoms with Crippen molar-refractivity contribution in [1.82, 2.24) is 23.4 Å². The van der Waals surface area contributed by atoms with Gasteiger partial charge in [-0.1, -0.05) is 0 Å². The van der Waals surface area contributed by atoms with Gasteiger partial charge in [0.05, 0.1) is 31.0 Å². The first-order valence-corrected chi connectivity index (χ1v) is 11.8. The van der Waals surface area contributed by atoms with Gasteiger partial charge < -0.3 is 18.8 Å². The van der Waals surface area contributed by atoms with Crippen LogP contribution in [0.2, 0.25) is 0 Å². The molecule has 0 spiro atoms. The number of ether oxygens (including phenoxy) is 3. The number of benzene rings is 1. The van der Waals surface area contributed by atoms with E-state index in [-0.39, 0.29) is 29.2 Å². The Morgan fingerprint density at radius 1 is 1.15 bits per heavy atom. The van der Waals surface area contributed by atoms with Crippen molar-refractivity contribution in [3.63, 3.8) is 0 Å². The molecule has 0 aliphatic carbocycles. The summed E-state index contributed by atoms with van der Waals surface area (Å²) < 4.78 is 47.0. The first-order chi connectivity index (χ1) is 16.2. The SMILES string of the molecule is Cn1c(=O)c2c(ncn2CCOC(=O)CNS(=O)(=O)c2ccc3c(c2)OCCCO3)n(C)c1=O. The smallest absolute Gasteiger partial charge is 0.332 e. The van der Waals surface area contributed by atoms with Crippen molar-refractivity contribution < 1.29 is 27.4 Å². The first-order valence-electron chi connectivity index (χ1n) is 10.3. The molecular weight excluding hydrogens is 470 g/mol. The first kappa shape index (κ1) is 23.5. The van der Waals surface area contributed by atoms with Crippen molar-refractivity contribution in [1.29, 1.82) is 0 Å². The highest BCUT2D eigenvalue weighted by molar-refractivity contribution is 7.89. The number of hydrogen-bond donors (Lipinski definition) is 1. The second-order valence-corrected chi connectivity index (χ2v) is 9.29. The fraction of sp³-hybridized carbons (Fsp3) is 0.400. The third-order valence-electron chi connectivity index (χ3n) is 5.25. The van der Waals surface area contributed by atoms with Gasteiger partial charge in [-0.05, 0) is 12.1 Å². The summed E-state index contributed by atoms with van der Waals surface area (Å²) in [5.74, 6) is -0.0282. The standard InChI is InChI=1S/C20H23N5O8S/c1-23-18-17(19(27)24(2)20(23)28)25(12-21-18)6-9-33-16(26)11-22-34(29,30)13-4-5-14-15(10-13)32-8-3-7-31-14/h4-5,10,12,22H,3,6-9,11H2,1-2H3. The number of carbonyl (C=O) groups excluding carboxylic acids is 1. The Kier molecular flexibility index (Phi) is 6.43. The van der Waals surface area contributed by atoms with Gasteiger partial charge in [0.15, 0.2) is 22.7 Å². The summed E-state index contributed by atoms with van der Waals surface area (Å²) in [4.78, 5) is 40.5. The van der Waals surface area contributed by atoms with Gasteiger partial charge in [0.2, 0.25) is 10.0 Å². The number of hydrogen-bond acceptors (Lipinski definition) is 9. The van der Waals surface area contributed by atoms with Crippen LogP contribution in [0, 0.1) is 0 Å². The van der Waals surface area contributed by atoms with E-state index in [9.17, 15) is 22.8 Å². The lowest BCUT2D eigenvalue weighted by Gasteiger charge is -2.11. The molecule has 3 aromatic rings. The molecule has 1 aromatic carbocycles. The molecule has 13 nitrogen and oxygen atoms in total. The normalized spacial score (nSPS) is 13.6. The van der Waals surface area contributed by atoms with Crippen molar-refractivity contribution in [2.45, 2.75) is 17.9 Å². The van der Waals surface area contributed by atoms with Crippen LogP contribution in [0.15, 0.2) is 39.0 Å². The molecule has 4 rings (SSSR count). The predicted octanol–water partition coefficient (Wildman–Crippen LogP) is -0.883. The maximum absolute atomic E-state index is 12.6. The number of nitrogens with zero attached hydrogens (tertiary/aromatic N) is 4. The van der Waals surface area contributed by atoms with Crippen molar-refractivity contribution >= 4 is 27.2 Å². The van der Waals surface area contributed by atoms with Gasteiger partial charge in [-0.2, -0.15) is 4.72 Å². The van der Waals surface area contributed by atoms with Gasteiger partial charge in [0, 0.05) is 26.6 Å². The monoisotopic (exact) mass is 493 g/mol. The second-order valence-electron chi connectivity index (χ2n) is 7.52. The summed E-state index contributed by atoms with van der Waals surface area (Å²) in [7, 11) is -1.14. The number of aromatic nitrogens is 4. The van der Waals surface area contributed by atoms with Gasteiger partial charge in [-0.25, -0.2) is 18.2 Å². The van der Waals surface area contributed by atoms with Crippen LogP contribution in [-0.2, 0) is 40.2 Å². The fourth-order valence-electron chi connectivity index (χ4n) is 3.42. The van der Waals surface area contributed by atoms with E-state index in [1.54, 1.807) is 0 Å². The summed E-state index contributed by atoms with van der Waals surface area (Å²) in [6.07, 6.45) is 2.05. The number of rotatable bonds is 7. The lowest BCUT2D eigenvalue weighted by molar-refractivity contribution is -0.142. The molecule has 0 amide bonds. The molecule has 0 atom stereocenters. The Labute approximate surface area is 193 Å².